The van der Waals surface area contributed by atoms with Gasteiger partial charge in [-0.1, -0.05) is 0 Å². The lowest BCUT2D eigenvalue weighted by atomic mass is 10.3. The molecule has 4 nitrogen and oxygen atoms in total. The zero-order chi connectivity index (χ0) is 12.4. The lowest BCUT2D eigenvalue weighted by molar-refractivity contribution is 0.586. The van der Waals surface area contributed by atoms with Gasteiger partial charge in [-0.05, 0) is 28.1 Å². The van der Waals surface area contributed by atoms with E-state index in [-0.39, 0.29) is 17.5 Å². The second-order valence-electron chi connectivity index (χ2n) is 3.19. The van der Waals surface area contributed by atoms with Crippen LogP contribution in [0.25, 0.3) is 0 Å². The number of nitrogen functional groups attached to an aromatic ring is 1. The van der Waals surface area contributed by atoms with E-state index in [1.54, 1.807) is 0 Å². The van der Waals surface area contributed by atoms with Gasteiger partial charge in [-0.25, -0.2) is 13.8 Å². The van der Waals surface area contributed by atoms with Gasteiger partial charge in [0.05, 0.1) is 5.69 Å². The van der Waals surface area contributed by atoms with Crippen LogP contribution in [0.15, 0.2) is 28.9 Å². The highest BCUT2D eigenvalue weighted by Crippen LogP contribution is 2.20. The molecule has 0 fully saturated rings. The minimum Gasteiger partial charge on any atom is -0.383 e. The standard InChI is InChI=1S/C10H7BrF2N4/c11-8-4-9(14)17-10(16-8)15-7-2-1-5(12)3-6(7)13/h1-4H,(H3,14,15,16,17). The number of rotatable bonds is 2. The number of halogens is 3. The molecule has 0 spiro atoms. The van der Waals surface area contributed by atoms with Crippen molar-refractivity contribution in [1.82, 2.24) is 9.97 Å². The number of benzene rings is 1. The molecule has 17 heavy (non-hydrogen) atoms. The maximum Gasteiger partial charge on any atom is 0.230 e. The Balaban J connectivity index is 2.31. The van der Waals surface area contributed by atoms with Crippen molar-refractivity contribution in [3.8, 4) is 0 Å². The van der Waals surface area contributed by atoms with E-state index in [9.17, 15) is 8.78 Å². The Bertz CT molecular complexity index is 542. The molecule has 0 saturated heterocycles. The summed E-state index contributed by atoms with van der Waals surface area (Å²) >= 11 is 3.13. The third-order valence-electron chi connectivity index (χ3n) is 1.89. The predicted octanol–water partition coefficient (Wildman–Crippen LogP) is 2.84. The van der Waals surface area contributed by atoms with Gasteiger partial charge in [-0.15, -0.1) is 0 Å². The molecule has 0 aliphatic rings. The van der Waals surface area contributed by atoms with Gasteiger partial charge in [0, 0.05) is 12.1 Å². The maximum atomic E-state index is 13.3. The number of nitrogens with one attached hydrogen (secondary N) is 1. The molecule has 2 rings (SSSR count). The summed E-state index contributed by atoms with van der Waals surface area (Å²) in [7, 11) is 0. The van der Waals surface area contributed by atoms with Crippen LogP contribution >= 0.6 is 15.9 Å². The number of nitrogens with zero attached hydrogens (tertiary/aromatic N) is 2. The van der Waals surface area contributed by atoms with Gasteiger partial charge >= 0.3 is 0 Å². The Labute approximate surface area is 104 Å². The van der Waals surface area contributed by atoms with Crippen LogP contribution in [0.1, 0.15) is 0 Å². The van der Waals surface area contributed by atoms with E-state index in [0.29, 0.717) is 4.60 Å². The van der Waals surface area contributed by atoms with Crippen LogP contribution in [0.4, 0.5) is 26.2 Å². The van der Waals surface area contributed by atoms with Crippen molar-refractivity contribution in [1.29, 1.82) is 0 Å². The predicted molar refractivity (Wildman–Crippen MR) is 63.8 cm³/mol. The zero-order valence-corrected chi connectivity index (χ0v) is 10.0. The average Bonchev–Trinajstić information content (AvgIpc) is 2.21. The Morgan fingerprint density at radius 1 is 1.18 bits per heavy atom. The van der Waals surface area contributed by atoms with E-state index in [1.807, 2.05) is 0 Å². The summed E-state index contributed by atoms with van der Waals surface area (Å²) in [5.41, 5.74) is 5.57. The first-order valence-electron chi connectivity index (χ1n) is 4.57. The van der Waals surface area contributed by atoms with Crippen LogP contribution < -0.4 is 11.1 Å². The molecule has 88 valence electrons. The monoisotopic (exact) mass is 300 g/mol. The van der Waals surface area contributed by atoms with Crippen LogP contribution in [0.2, 0.25) is 0 Å². The molecule has 3 N–H and O–H groups in total. The third kappa shape index (κ3) is 2.88. The van der Waals surface area contributed by atoms with E-state index in [4.69, 9.17) is 5.73 Å². The van der Waals surface area contributed by atoms with Crippen molar-refractivity contribution in [2.45, 2.75) is 0 Å². The Hall–Kier alpha value is -1.76. The van der Waals surface area contributed by atoms with Crippen LogP contribution in [-0.4, -0.2) is 9.97 Å². The molecule has 0 aliphatic heterocycles. The average molecular weight is 301 g/mol. The minimum atomic E-state index is -0.729. The molecule has 1 aromatic heterocycles. The van der Waals surface area contributed by atoms with Gasteiger partial charge in [-0.2, -0.15) is 4.98 Å². The van der Waals surface area contributed by atoms with E-state index in [2.05, 4.69) is 31.2 Å². The number of nitrogens with two attached hydrogens (primary N) is 1. The molecular formula is C10H7BrF2N4. The molecule has 0 radical (unpaired) electrons. The second kappa shape index (κ2) is 4.62. The lowest BCUT2D eigenvalue weighted by Crippen LogP contribution is -2.02. The van der Waals surface area contributed by atoms with E-state index < -0.39 is 11.6 Å². The Kier molecular flexibility index (Phi) is 3.19. The summed E-state index contributed by atoms with van der Waals surface area (Å²) in [6.07, 6.45) is 0. The molecule has 0 saturated carbocycles. The van der Waals surface area contributed by atoms with Gasteiger partial charge in [0.15, 0.2) is 0 Å². The highest BCUT2D eigenvalue weighted by molar-refractivity contribution is 9.10. The summed E-state index contributed by atoms with van der Waals surface area (Å²) < 4.78 is 26.5. The van der Waals surface area contributed by atoms with Crippen molar-refractivity contribution in [2.24, 2.45) is 0 Å². The molecule has 0 amide bonds. The Morgan fingerprint density at radius 3 is 2.59 bits per heavy atom. The van der Waals surface area contributed by atoms with E-state index in [0.717, 1.165) is 12.1 Å². The summed E-state index contributed by atoms with van der Waals surface area (Å²) in [5.74, 6) is -1.02. The molecule has 0 unspecified atom stereocenters. The normalized spacial score (nSPS) is 10.3. The SMILES string of the molecule is Nc1cc(Br)nc(Nc2ccc(F)cc2F)n1. The fourth-order valence-corrected chi connectivity index (χ4v) is 1.60. The van der Waals surface area contributed by atoms with Crippen LogP contribution in [0.5, 0.6) is 0 Å². The Morgan fingerprint density at radius 2 is 1.94 bits per heavy atom. The number of hydrogen-bond donors (Lipinski definition) is 2. The fraction of sp³-hybridized carbons (Fsp3) is 0. The fourth-order valence-electron chi connectivity index (χ4n) is 1.20. The van der Waals surface area contributed by atoms with Gasteiger partial charge in [0.25, 0.3) is 0 Å². The smallest absolute Gasteiger partial charge is 0.230 e. The topological polar surface area (TPSA) is 63.8 Å². The van der Waals surface area contributed by atoms with Crippen LogP contribution in [-0.2, 0) is 0 Å². The third-order valence-corrected chi connectivity index (χ3v) is 2.30. The van der Waals surface area contributed by atoms with Crippen molar-refractivity contribution >= 4 is 33.4 Å². The van der Waals surface area contributed by atoms with Crippen molar-refractivity contribution < 1.29 is 8.78 Å². The zero-order valence-electron chi connectivity index (χ0n) is 8.42. The van der Waals surface area contributed by atoms with Crippen LogP contribution in [0, 0.1) is 11.6 Å². The van der Waals surface area contributed by atoms with Crippen molar-refractivity contribution in [3.05, 3.63) is 40.5 Å². The first kappa shape index (κ1) is 11.7. The van der Waals surface area contributed by atoms with E-state index in [1.165, 1.54) is 12.1 Å². The first-order valence-corrected chi connectivity index (χ1v) is 5.36. The summed E-state index contributed by atoms with van der Waals surface area (Å²) in [6, 6.07) is 4.66. The number of anilines is 3. The largest absolute Gasteiger partial charge is 0.383 e. The van der Waals surface area contributed by atoms with E-state index >= 15 is 0 Å². The number of hydrogen-bond acceptors (Lipinski definition) is 4. The number of aromatic nitrogens is 2. The molecular weight excluding hydrogens is 294 g/mol. The quantitative estimate of drug-likeness (QED) is 0.837. The molecule has 0 bridgehead atoms. The molecule has 0 aliphatic carbocycles. The molecule has 7 heteroatoms. The van der Waals surface area contributed by atoms with Gasteiger partial charge < -0.3 is 11.1 Å². The van der Waals surface area contributed by atoms with Crippen molar-refractivity contribution in [2.75, 3.05) is 11.1 Å². The molecule has 0 atom stereocenters. The summed E-state index contributed by atoms with van der Waals surface area (Å²) in [5, 5.41) is 2.61. The van der Waals surface area contributed by atoms with Crippen molar-refractivity contribution in [3.63, 3.8) is 0 Å². The highest BCUT2D eigenvalue weighted by Gasteiger charge is 2.06. The van der Waals surface area contributed by atoms with Gasteiger partial charge in [-0.3, -0.25) is 0 Å². The second-order valence-corrected chi connectivity index (χ2v) is 4.00. The lowest BCUT2D eigenvalue weighted by Gasteiger charge is -2.06. The molecule has 2 aromatic rings. The maximum absolute atomic E-state index is 13.3. The van der Waals surface area contributed by atoms with Crippen LogP contribution in [0.3, 0.4) is 0 Å². The van der Waals surface area contributed by atoms with Gasteiger partial charge in [0.2, 0.25) is 5.95 Å². The summed E-state index contributed by atoms with van der Waals surface area (Å²) in [6.45, 7) is 0. The van der Waals surface area contributed by atoms with Gasteiger partial charge in [0.1, 0.15) is 22.1 Å². The molecule has 1 heterocycles. The summed E-state index contributed by atoms with van der Waals surface area (Å²) in [4.78, 5) is 7.80. The minimum absolute atomic E-state index is 0.0731. The first-order chi connectivity index (χ1) is 8.04. The highest BCUT2D eigenvalue weighted by atomic mass is 79.9. The molecule has 1 aromatic carbocycles.